The van der Waals surface area contributed by atoms with Gasteiger partial charge in [-0.3, -0.25) is 4.79 Å². The standard InChI is InChI=1S/C20H21ClN4O4S/c1-12-16(19(26)25-10-20(2,9-22)11-25)7-18(23-12)30(27,28)24-15-5-13-3-4-14(21)6-17(13)29-8-15/h3-4,6-7,15,23-24H,5,8,10-11H2,1-2H3/t15-/m0/s1. The lowest BCUT2D eigenvalue weighted by atomic mass is 9.83. The molecule has 2 N–H and O–H groups in total. The number of halogens is 1. The SMILES string of the molecule is Cc1[nH]c(S(=O)(=O)N[C@@H]2COc3cc(Cl)ccc3C2)cc1C(=O)N1CC(C)(C#N)C1. The van der Waals surface area contributed by atoms with E-state index in [0.29, 0.717) is 36.0 Å². The molecule has 2 aromatic rings. The van der Waals surface area contributed by atoms with Gasteiger partial charge in [0.1, 0.15) is 17.4 Å². The molecule has 3 heterocycles. The highest BCUT2D eigenvalue weighted by atomic mass is 35.5. The largest absolute Gasteiger partial charge is 0.492 e. The zero-order valence-corrected chi connectivity index (χ0v) is 18.1. The van der Waals surface area contributed by atoms with Crippen molar-refractivity contribution in [3.63, 3.8) is 0 Å². The number of ether oxygens (including phenoxy) is 1. The Hall–Kier alpha value is -2.54. The zero-order valence-electron chi connectivity index (χ0n) is 16.5. The quantitative estimate of drug-likeness (QED) is 0.744. The van der Waals surface area contributed by atoms with Crippen LogP contribution in [0.4, 0.5) is 0 Å². The summed E-state index contributed by atoms with van der Waals surface area (Å²) >= 11 is 5.96. The van der Waals surface area contributed by atoms with Gasteiger partial charge >= 0.3 is 0 Å². The number of nitriles is 1. The lowest BCUT2D eigenvalue weighted by molar-refractivity contribution is 0.0368. The molecule has 1 saturated heterocycles. The molecule has 1 aromatic carbocycles. The highest BCUT2D eigenvalue weighted by molar-refractivity contribution is 7.89. The molecule has 8 nitrogen and oxygen atoms in total. The normalized spacial score (nSPS) is 19.9. The summed E-state index contributed by atoms with van der Waals surface area (Å²) in [7, 11) is -3.88. The second-order valence-electron chi connectivity index (χ2n) is 8.09. The molecule has 1 aromatic heterocycles. The van der Waals surface area contributed by atoms with E-state index in [1.165, 1.54) is 6.07 Å². The first kappa shape index (κ1) is 20.7. The van der Waals surface area contributed by atoms with E-state index < -0.39 is 21.5 Å². The number of aryl methyl sites for hydroxylation is 1. The van der Waals surface area contributed by atoms with Gasteiger partial charge in [-0.05, 0) is 44.0 Å². The minimum absolute atomic E-state index is 0.0752. The Balaban J connectivity index is 1.48. The van der Waals surface area contributed by atoms with Crippen LogP contribution in [0.2, 0.25) is 5.02 Å². The number of rotatable bonds is 4. The average molecular weight is 449 g/mol. The van der Waals surface area contributed by atoms with Crippen molar-refractivity contribution in [3.8, 4) is 11.8 Å². The zero-order chi connectivity index (χ0) is 21.7. The molecule has 2 aliphatic rings. The van der Waals surface area contributed by atoms with Gasteiger partial charge in [0.15, 0.2) is 0 Å². The fourth-order valence-corrected chi connectivity index (χ4v) is 5.22. The molecule has 10 heteroatoms. The highest BCUT2D eigenvalue weighted by Gasteiger charge is 2.42. The number of carbonyl (C=O) groups excluding carboxylic acids is 1. The van der Waals surface area contributed by atoms with E-state index in [1.54, 1.807) is 30.9 Å². The monoisotopic (exact) mass is 448 g/mol. The molecule has 2 aliphatic heterocycles. The molecule has 30 heavy (non-hydrogen) atoms. The van der Waals surface area contributed by atoms with E-state index in [2.05, 4.69) is 15.8 Å². The van der Waals surface area contributed by atoms with Crippen LogP contribution in [-0.4, -0.2) is 49.9 Å². The van der Waals surface area contributed by atoms with E-state index in [9.17, 15) is 13.2 Å². The third-order valence-corrected chi connectivity index (χ3v) is 7.08. The number of carbonyl (C=O) groups is 1. The lowest BCUT2D eigenvalue weighted by Gasteiger charge is -2.43. The maximum Gasteiger partial charge on any atom is 0.256 e. The predicted molar refractivity (Wildman–Crippen MR) is 110 cm³/mol. The van der Waals surface area contributed by atoms with Gasteiger partial charge in [-0.2, -0.15) is 5.26 Å². The van der Waals surface area contributed by atoms with Crippen molar-refractivity contribution in [2.24, 2.45) is 5.41 Å². The average Bonchev–Trinajstić information content (AvgIpc) is 3.07. The summed E-state index contributed by atoms with van der Waals surface area (Å²) in [5, 5.41) is 9.60. The third kappa shape index (κ3) is 3.78. The Kier molecular flexibility index (Phi) is 5.04. The van der Waals surface area contributed by atoms with E-state index in [4.69, 9.17) is 21.6 Å². The molecule has 0 bridgehead atoms. The topological polar surface area (TPSA) is 115 Å². The molecule has 0 aliphatic carbocycles. The Morgan fingerprint density at radius 2 is 2.13 bits per heavy atom. The lowest BCUT2D eigenvalue weighted by Crippen LogP contribution is -2.56. The number of fused-ring (bicyclic) bond motifs is 1. The maximum atomic E-state index is 12.9. The minimum atomic E-state index is -3.88. The van der Waals surface area contributed by atoms with Crippen LogP contribution in [0.25, 0.3) is 0 Å². The van der Waals surface area contributed by atoms with Crippen molar-refractivity contribution in [3.05, 3.63) is 46.1 Å². The van der Waals surface area contributed by atoms with Crippen LogP contribution in [0, 0.1) is 23.7 Å². The summed E-state index contributed by atoms with van der Waals surface area (Å²) in [6.45, 7) is 4.28. The molecule has 1 amide bonds. The van der Waals surface area contributed by atoms with Gasteiger partial charge in [-0.15, -0.1) is 0 Å². The molecule has 0 unspecified atom stereocenters. The molecule has 4 rings (SSSR count). The van der Waals surface area contributed by atoms with Gasteiger partial charge in [-0.1, -0.05) is 17.7 Å². The van der Waals surface area contributed by atoms with Crippen LogP contribution in [-0.2, 0) is 16.4 Å². The summed E-state index contributed by atoms with van der Waals surface area (Å²) in [5.41, 5.74) is 1.08. The van der Waals surface area contributed by atoms with Crippen LogP contribution < -0.4 is 9.46 Å². The summed E-state index contributed by atoms with van der Waals surface area (Å²) in [6, 6.07) is 8.35. The molecular formula is C20H21ClN4O4S. The van der Waals surface area contributed by atoms with Crippen molar-refractivity contribution in [2.45, 2.75) is 31.3 Å². The fourth-order valence-electron chi connectivity index (χ4n) is 3.78. The smallest absolute Gasteiger partial charge is 0.256 e. The molecule has 0 saturated carbocycles. The molecule has 158 valence electrons. The highest BCUT2D eigenvalue weighted by Crippen LogP contribution is 2.31. The van der Waals surface area contributed by atoms with Crippen molar-refractivity contribution >= 4 is 27.5 Å². The van der Waals surface area contributed by atoms with Gasteiger partial charge < -0.3 is 14.6 Å². The minimum Gasteiger partial charge on any atom is -0.492 e. The number of benzene rings is 1. The van der Waals surface area contributed by atoms with E-state index in [1.807, 2.05) is 6.07 Å². The van der Waals surface area contributed by atoms with Gasteiger partial charge in [0.2, 0.25) is 0 Å². The Bertz CT molecular complexity index is 1160. The molecular weight excluding hydrogens is 428 g/mol. The number of hydrogen-bond donors (Lipinski definition) is 2. The van der Waals surface area contributed by atoms with Crippen molar-refractivity contribution < 1.29 is 17.9 Å². The molecule has 0 radical (unpaired) electrons. The number of aromatic amines is 1. The first-order chi connectivity index (χ1) is 14.1. The predicted octanol–water partition coefficient (Wildman–Crippen LogP) is 2.24. The van der Waals surface area contributed by atoms with E-state index in [0.717, 1.165) is 5.56 Å². The molecule has 1 fully saturated rings. The fraction of sp³-hybridized carbons (Fsp3) is 0.400. The van der Waals surface area contributed by atoms with Crippen LogP contribution >= 0.6 is 11.6 Å². The summed E-state index contributed by atoms with van der Waals surface area (Å²) < 4.78 is 34.0. The van der Waals surface area contributed by atoms with Gasteiger partial charge in [0.25, 0.3) is 15.9 Å². The van der Waals surface area contributed by atoms with E-state index in [-0.39, 0.29) is 23.1 Å². The van der Waals surface area contributed by atoms with Gasteiger partial charge in [0, 0.05) is 23.8 Å². The summed E-state index contributed by atoms with van der Waals surface area (Å²) in [5.74, 6) is 0.366. The number of aromatic nitrogens is 1. The van der Waals surface area contributed by atoms with Crippen LogP contribution in [0.1, 0.15) is 28.5 Å². The summed E-state index contributed by atoms with van der Waals surface area (Å²) in [6.07, 6.45) is 0.470. The van der Waals surface area contributed by atoms with Crippen molar-refractivity contribution in [1.82, 2.24) is 14.6 Å². The number of amides is 1. The number of H-pyrrole nitrogens is 1. The van der Waals surface area contributed by atoms with Crippen LogP contribution in [0.15, 0.2) is 29.3 Å². The molecule has 0 spiro atoms. The number of sulfonamides is 1. The van der Waals surface area contributed by atoms with Crippen molar-refractivity contribution in [1.29, 1.82) is 5.26 Å². The summed E-state index contributed by atoms with van der Waals surface area (Å²) in [4.78, 5) is 17.0. The number of likely N-dealkylation sites (tertiary alicyclic amines) is 1. The van der Waals surface area contributed by atoms with Crippen LogP contribution in [0.3, 0.4) is 0 Å². The maximum absolute atomic E-state index is 12.9. The first-order valence-corrected chi connectivity index (χ1v) is 11.3. The van der Waals surface area contributed by atoms with Gasteiger partial charge in [0.05, 0.1) is 23.1 Å². The third-order valence-electron chi connectivity index (χ3n) is 5.40. The second-order valence-corrected chi connectivity index (χ2v) is 10.2. The molecule has 1 atom stereocenters. The van der Waals surface area contributed by atoms with E-state index >= 15 is 0 Å². The second kappa shape index (κ2) is 7.30. The Morgan fingerprint density at radius 1 is 1.40 bits per heavy atom. The Morgan fingerprint density at radius 3 is 2.83 bits per heavy atom. The van der Waals surface area contributed by atoms with Gasteiger partial charge in [-0.25, -0.2) is 13.1 Å². The first-order valence-electron chi connectivity index (χ1n) is 9.44. The Labute approximate surface area is 179 Å². The number of nitrogens with one attached hydrogen (secondary N) is 2. The van der Waals surface area contributed by atoms with Crippen molar-refractivity contribution in [2.75, 3.05) is 19.7 Å². The number of nitrogens with zero attached hydrogens (tertiary/aromatic N) is 2. The van der Waals surface area contributed by atoms with Crippen LogP contribution in [0.5, 0.6) is 5.75 Å². The number of hydrogen-bond acceptors (Lipinski definition) is 5.